The van der Waals surface area contributed by atoms with Crippen LogP contribution in [0, 0.1) is 5.82 Å². The Kier molecular flexibility index (Phi) is 4.44. The summed E-state index contributed by atoms with van der Waals surface area (Å²) in [7, 11) is 3.27. The second-order valence-electron chi connectivity index (χ2n) is 3.87. The summed E-state index contributed by atoms with van der Waals surface area (Å²) in [6, 6.07) is 8.24. The Labute approximate surface area is 119 Å². The van der Waals surface area contributed by atoms with Gasteiger partial charge in [-0.2, -0.15) is 0 Å². The van der Waals surface area contributed by atoms with Crippen molar-refractivity contribution in [3.05, 3.63) is 51.9 Å². The van der Waals surface area contributed by atoms with Gasteiger partial charge in [-0.15, -0.1) is 10.2 Å². The van der Waals surface area contributed by atoms with E-state index in [1.165, 1.54) is 7.11 Å². The van der Waals surface area contributed by atoms with E-state index in [-0.39, 0.29) is 11.9 Å². The van der Waals surface area contributed by atoms with Crippen LogP contribution in [0.4, 0.5) is 4.39 Å². The van der Waals surface area contributed by atoms with E-state index in [2.05, 4.69) is 31.4 Å². The van der Waals surface area contributed by atoms with Crippen molar-refractivity contribution in [1.82, 2.24) is 15.5 Å². The van der Waals surface area contributed by atoms with Crippen LogP contribution in [0.3, 0.4) is 0 Å². The fourth-order valence-electron chi connectivity index (χ4n) is 1.80. The van der Waals surface area contributed by atoms with E-state index in [4.69, 9.17) is 4.74 Å². The monoisotopic (exact) mass is 325 g/mol. The van der Waals surface area contributed by atoms with E-state index in [0.29, 0.717) is 21.6 Å². The van der Waals surface area contributed by atoms with Crippen molar-refractivity contribution < 1.29 is 9.13 Å². The Morgan fingerprint density at radius 3 is 2.63 bits per heavy atom. The maximum Gasteiger partial charge on any atom is 0.233 e. The molecule has 0 fully saturated rings. The number of aromatic nitrogens is 2. The van der Waals surface area contributed by atoms with Crippen molar-refractivity contribution in [1.29, 1.82) is 0 Å². The summed E-state index contributed by atoms with van der Waals surface area (Å²) in [6.45, 7) is 0. The molecule has 4 nitrogen and oxygen atoms in total. The number of methoxy groups -OCH3 is 1. The molecule has 1 unspecified atom stereocenters. The zero-order valence-corrected chi connectivity index (χ0v) is 12.1. The molecule has 0 aliphatic heterocycles. The van der Waals surface area contributed by atoms with Gasteiger partial charge in [-0.3, -0.25) is 0 Å². The summed E-state index contributed by atoms with van der Waals surface area (Å²) in [6.07, 6.45) is 0. The van der Waals surface area contributed by atoms with Crippen molar-refractivity contribution in [3.63, 3.8) is 0 Å². The van der Waals surface area contributed by atoms with E-state index in [9.17, 15) is 4.39 Å². The van der Waals surface area contributed by atoms with E-state index >= 15 is 0 Å². The number of hydrogen-bond donors (Lipinski definition) is 1. The summed E-state index contributed by atoms with van der Waals surface area (Å²) in [5, 5.41) is 11.0. The Hall–Kier alpha value is -1.53. The molecule has 6 heteroatoms. The second-order valence-corrected chi connectivity index (χ2v) is 4.72. The molecule has 0 aliphatic carbocycles. The summed E-state index contributed by atoms with van der Waals surface area (Å²) in [5.74, 6) is 0.118. The van der Waals surface area contributed by atoms with Crippen LogP contribution in [0.15, 0.2) is 34.8 Å². The van der Waals surface area contributed by atoms with E-state index in [0.717, 1.165) is 0 Å². The van der Waals surface area contributed by atoms with Crippen molar-refractivity contribution in [2.75, 3.05) is 14.2 Å². The van der Waals surface area contributed by atoms with E-state index in [1.807, 2.05) is 0 Å². The normalized spacial score (nSPS) is 12.2. The standard InChI is InChI=1S/C13H13BrFN3O/c1-16-13(8-4-3-5-9(14)12(8)15)10-6-7-11(19-2)18-17-10/h3-7,13,16H,1-2H3. The van der Waals surface area contributed by atoms with Crippen LogP contribution >= 0.6 is 15.9 Å². The SMILES string of the molecule is CNC(c1ccc(OC)nn1)c1cccc(Br)c1F. The molecule has 1 aromatic carbocycles. The molecule has 0 amide bonds. The maximum atomic E-state index is 14.1. The average Bonchev–Trinajstić information content (AvgIpc) is 2.45. The Morgan fingerprint density at radius 1 is 1.26 bits per heavy atom. The smallest absolute Gasteiger partial charge is 0.233 e. The van der Waals surface area contributed by atoms with Crippen molar-refractivity contribution in [2.24, 2.45) is 0 Å². The van der Waals surface area contributed by atoms with Crippen molar-refractivity contribution in [3.8, 4) is 5.88 Å². The maximum absolute atomic E-state index is 14.1. The number of rotatable bonds is 4. The predicted molar refractivity (Wildman–Crippen MR) is 73.6 cm³/mol. The fraction of sp³-hybridized carbons (Fsp3) is 0.231. The van der Waals surface area contributed by atoms with Crippen LogP contribution < -0.4 is 10.1 Å². The van der Waals surface area contributed by atoms with Gasteiger partial charge in [-0.05, 0) is 35.1 Å². The third kappa shape index (κ3) is 2.90. The third-order valence-corrected chi connectivity index (χ3v) is 3.36. The molecule has 0 saturated heterocycles. The Morgan fingerprint density at radius 2 is 2.05 bits per heavy atom. The molecule has 0 aliphatic rings. The highest BCUT2D eigenvalue weighted by atomic mass is 79.9. The van der Waals surface area contributed by atoms with Crippen LogP contribution in [0.2, 0.25) is 0 Å². The zero-order chi connectivity index (χ0) is 13.8. The molecular formula is C13H13BrFN3O. The lowest BCUT2D eigenvalue weighted by molar-refractivity contribution is 0.390. The van der Waals surface area contributed by atoms with Crippen LogP contribution in [0.25, 0.3) is 0 Å². The van der Waals surface area contributed by atoms with Crippen molar-refractivity contribution in [2.45, 2.75) is 6.04 Å². The molecule has 1 N–H and O–H groups in total. The number of nitrogens with zero attached hydrogens (tertiary/aromatic N) is 2. The molecule has 0 saturated carbocycles. The largest absolute Gasteiger partial charge is 0.480 e. The number of halogens is 2. The quantitative estimate of drug-likeness (QED) is 0.938. The second kappa shape index (κ2) is 6.08. The van der Waals surface area contributed by atoms with Crippen LogP contribution in [-0.2, 0) is 0 Å². The van der Waals surface area contributed by atoms with Crippen LogP contribution in [0.5, 0.6) is 5.88 Å². The van der Waals surface area contributed by atoms with E-state index in [1.54, 1.807) is 37.4 Å². The summed E-state index contributed by atoms with van der Waals surface area (Å²) < 4.78 is 19.5. The Balaban J connectivity index is 2.40. The van der Waals surface area contributed by atoms with Crippen molar-refractivity contribution >= 4 is 15.9 Å². The lowest BCUT2D eigenvalue weighted by Crippen LogP contribution is -2.20. The molecule has 1 atom stereocenters. The number of benzene rings is 1. The molecular weight excluding hydrogens is 313 g/mol. The summed E-state index contributed by atoms with van der Waals surface area (Å²) in [4.78, 5) is 0. The first-order valence-electron chi connectivity index (χ1n) is 5.66. The van der Waals surface area contributed by atoms with Gasteiger partial charge in [-0.25, -0.2) is 4.39 Å². The number of nitrogens with one attached hydrogen (secondary N) is 1. The Bertz CT molecular complexity index is 562. The summed E-state index contributed by atoms with van der Waals surface area (Å²) in [5.41, 5.74) is 1.14. The zero-order valence-electron chi connectivity index (χ0n) is 10.5. The highest BCUT2D eigenvalue weighted by Crippen LogP contribution is 2.27. The minimum absolute atomic E-state index is 0.306. The lowest BCUT2D eigenvalue weighted by atomic mass is 10.0. The van der Waals surface area contributed by atoms with Gasteiger partial charge in [0.1, 0.15) is 5.82 Å². The van der Waals surface area contributed by atoms with E-state index < -0.39 is 0 Å². The minimum Gasteiger partial charge on any atom is -0.480 e. The molecule has 1 aromatic heterocycles. The van der Waals surface area contributed by atoms with Gasteiger partial charge >= 0.3 is 0 Å². The highest BCUT2D eigenvalue weighted by Gasteiger charge is 2.19. The average molecular weight is 326 g/mol. The molecule has 0 spiro atoms. The van der Waals surface area contributed by atoms with Gasteiger partial charge in [0.2, 0.25) is 5.88 Å². The molecule has 1 heterocycles. The topological polar surface area (TPSA) is 47.0 Å². The molecule has 0 bridgehead atoms. The first kappa shape index (κ1) is 13.9. The first-order valence-corrected chi connectivity index (χ1v) is 6.45. The van der Waals surface area contributed by atoms with Crippen LogP contribution in [-0.4, -0.2) is 24.4 Å². The molecule has 19 heavy (non-hydrogen) atoms. The van der Waals surface area contributed by atoms with Gasteiger partial charge in [0.15, 0.2) is 0 Å². The number of hydrogen-bond acceptors (Lipinski definition) is 4. The molecule has 100 valence electrons. The van der Waals surface area contributed by atoms with Gasteiger partial charge < -0.3 is 10.1 Å². The van der Waals surface area contributed by atoms with Gasteiger partial charge in [0.05, 0.1) is 23.3 Å². The van der Waals surface area contributed by atoms with Gasteiger partial charge in [-0.1, -0.05) is 12.1 Å². The fourth-order valence-corrected chi connectivity index (χ4v) is 2.18. The predicted octanol–water partition coefficient (Wildman–Crippen LogP) is 2.70. The highest BCUT2D eigenvalue weighted by molar-refractivity contribution is 9.10. The lowest BCUT2D eigenvalue weighted by Gasteiger charge is -2.17. The third-order valence-electron chi connectivity index (χ3n) is 2.75. The van der Waals surface area contributed by atoms with Crippen LogP contribution in [0.1, 0.15) is 17.3 Å². The molecule has 2 rings (SSSR count). The molecule has 2 aromatic rings. The minimum atomic E-state index is -0.365. The van der Waals surface area contributed by atoms with Gasteiger partial charge in [0.25, 0.3) is 0 Å². The first-order chi connectivity index (χ1) is 9.17. The summed E-state index contributed by atoms with van der Waals surface area (Å²) >= 11 is 3.18. The molecule has 0 radical (unpaired) electrons. The van der Waals surface area contributed by atoms with Gasteiger partial charge in [0, 0.05) is 11.6 Å². The number of ether oxygens (including phenoxy) is 1.